The van der Waals surface area contributed by atoms with Gasteiger partial charge in [0.2, 0.25) is 5.91 Å². The summed E-state index contributed by atoms with van der Waals surface area (Å²) in [6, 6.07) is 15.4. The summed E-state index contributed by atoms with van der Waals surface area (Å²) in [6.07, 6.45) is 2.13. The Balaban J connectivity index is 1.60. The van der Waals surface area contributed by atoms with E-state index in [4.69, 9.17) is 5.11 Å². The lowest BCUT2D eigenvalue weighted by Gasteiger charge is -2.29. The van der Waals surface area contributed by atoms with Crippen LogP contribution in [0.4, 0.5) is 0 Å². The zero-order valence-electron chi connectivity index (χ0n) is 14.4. The second-order valence-corrected chi connectivity index (χ2v) is 6.70. The van der Waals surface area contributed by atoms with Crippen molar-refractivity contribution in [3.63, 3.8) is 0 Å². The molecule has 0 fully saturated rings. The Morgan fingerprint density at radius 1 is 1.12 bits per heavy atom. The minimum absolute atomic E-state index is 0.147. The van der Waals surface area contributed by atoms with Gasteiger partial charge in [-0.2, -0.15) is 0 Å². The molecule has 4 heteroatoms. The Morgan fingerprint density at radius 2 is 1.88 bits per heavy atom. The SMILES string of the molecule is CC(CCC(=O)N1CCc2ccc(C(=O)O)cc2C1)c1ccccc1. The van der Waals surface area contributed by atoms with E-state index in [-0.39, 0.29) is 11.5 Å². The number of rotatable bonds is 5. The van der Waals surface area contributed by atoms with Gasteiger partial charge in [-0.15, -0.1) is 0 Å². The third-order valence-electron chi connectivity index (χ3n) is 4.98. The maximum Gasteiger partial charge on any atom is 0.335 e. The zero-order chi connectivity index (χ0) is 17.8. The molecule has 1 heterocycles. The number of hydrogen-bond donors (Lipinski definition) is 1. The van der Waals surface area contributed by atoms with E-state index in [1.807, 2.05) is 29.2 Å². The number of carbonyl (C=O) groups excluding carboxylic acids is 1. The van der Waals surface area contributed by atoms with Crippen molar-refractivity contribution in [2.75, 3.05) is 6.54 Å². The molecule has 0 saturated heterocycles. The molecule has 1 unspecified atom stereocenters. The Morgan fingerprint density at radius 3 is 2.60 bits per heavy atom. The number of carboxylic acids is 1. The normalized spacial score (nSPS) is 14.7. The van der Waals surface area contributed by atoms with Crippen molar-refractivity contribution in [3.05, 3.63) is 70.8 Å². The summed E-state index contributed by atoms with van der Waals surface area (Å²) in [5.41, 5.74) is 3.64. The predicted octanol–water partition coefficient (Wildman–Crippen LogP) is 3.85. The molecule has 0 radical (unpaired) electrons. The molecule has 0 spiro atoms. The topological polar surface area (TPSA) is 57.6 Å². The van der Waals surface area contributed by atoms with E-state index in [1.54, 1.807) is 12.1 Å². The quantitative estimate of drug-likeness (QED) is 0.901. The summed E-state index contributed by atoms with van der Waals surface area (Å²) >= 11 is 0. The van der Waals surface area contributed by atoms with Crippen LogP contribution in [-0.4, -0.2) is 28.4 Å². The monoisotopic (exact) mass is 337 g/mol. The summed E-state index contributed by atoms with van der Waals surface area (Å²) < 4.78 is 0. The molecule has 3 rings (SSSR count). The fraction of sp³-hybridized carbons (Fsp3) is 0.333. The van der Waals surface area contributed by atoms with Crippen molar-refractivity contribution in [1.29, 1.82) is 0 Å². The summed E-state index contributed by atoms with van der Waals surface area (Å²) in [7, 11) is 0. The van der Waals surface area contributed by atoms with Crippen molar-refractivity contribution in [2.24, 2.45) is 0 Å². The van der Waals surface area contributed by atoms with E-state index in [0.29, 0.717) is 25.4 Å². The van der Waals surface area contributed by atoms with Crippen molar-refractivity contribution in [2.45, 2.75) is 38.6 Å². The number of carboxylic acid groups (broad SMARTS) is 1. The number of fused-ring (bicyclic) bond motifs is 1. The average Bonchev–Trinajstić information content (AvgIpc) is 2.65. The Hall–Kier alpha value is -2.62. The van der Waals surface area contributed by atoms with Gasteiger partial charge in [0.1, 0.15) is 0 Å². The summed E-state index contributed by atoms with van der Waals surface area (Å²) in [5.74, 6) is -0.432. The lowest BCUT2D eigenvalue weighted by Crippen LogP contribution is -2.36. The molecule has 1 atom stereocenters. The first-order valence-corrected chi connectivity index (χ1v) is 8.72. The zero-order valence-corrected chi connectivity index (χ0v) is 14.4. The summed E-state index contributed by atoms with van der Waals surface area (Å²) in [6.45, 7) is 3.36. The number of benzene rings is 2. The Labute approximate surface area is 148 Å². The van der Waals surface area contributed by atoms with Crippen molar-refractivity contribution in [1.82, 2.24) is 4.90 Å². The predicted molar refractivity (Wildman–Crippen MR) is 96.6 cm³/mol. The fourth-order valence-corrected chi connectivity index (χ4v) is 3.35. The molecule has 1 N–H and O–H groups in total. The molecule has 0 aliphatic carbocycles. The first kappa shape index (κ1) is 17.2. The number of hydrogen-bond acceptors (Lipinski definition) is 2. The van der Waals surface area contributed by atoms with E-state index < -0.39 is 5.97 Å². The second-order valence-electron chi connectivity index (χ2n) is 6.70. The van der Waals surface area contributed by atoms with Crippen LogP contribution in [0.25, 0.3) is 0 Å². The van der Waals surface area contributed by atoms with Gasteiger partial charge in [-0.1, -0.05) is 43.3 Å². The van der Waals surface area contributed by atoms with Crippen LogP contribution in [0.2, 0.25) is 0 Å². The third-order valence-corrected chi connectivity index (χ3v) is 4.98. The third kappa shape index (κ3) is 4.08. The Bertz CT molecular complexity index is 770. The van der Waals surface area contributed by atoms with E-state index in [0.717, 1.165) is 24.0 Å². The lowest BCUT2D eigenvalue weighted by atomic mass is 9.94. The number of carbonyl (C=O) groups is 2. The van der Waals surface area contributed by atoms with Crippen LogP contribution in [0.5, 0.6) is 0 Å². The van der Waals surface area contributed by atoms with Crippen LogP contribution in [0.1, 0.15) is 52.7 Å². The van der Waals surface area contributed by atoms with Crippen molar-refractivity contribution in [3.8, 4) is 0 Å². The lowest BCUT2D eigenvalue weighted by molar-refractivity contribution is -0.132. The van der Waals surface area contributed by atoms with E-state index in [9.17, 15) is 9.59 Å². The van der Waals surface area contributed by atoms with Crippen LogP contribution in [0.3, 0.4) is 0 Å². The minimum atomic E-state index is -0.928. The van der Waals surface area contributed by atoms with Gasteiger partial charge in [0, 0.05) is 19.5 Å². The molecule has 4 nitrogen and oxygen atoms in total. The van der Waals surface area contributed by atoms with Crippen LogP contribution >= 0.6 is 0 Å². The van der Waals surface area contributed by atoms with Crippen LogP contribution in [0, 0.1) is 0 Å². The van der Waals surface area contributed by atoms with Gasteiger partial charge in [-0.3, -0.25) is 4.79 Å². The number of amides is 1. The molecule has 25 heavy (non-hydrogen) atoms. The summed E-state index contributed by atoms with van der Waals surface area (Å²) in [5, 5.41) is 9.13. The van der Waals surface area contributed by atoms with Crippen molar-refractivity contribution < 1.29 is 14.7 Å². The van der Waals surface area contributed by atoms with Crippen molar-refractivity contribution >= 4 is 11.9 Å². The highest BCUT2D eigenvalue weighted by Gasteiger charge is 2.22. The van der Waals surface area contributed by atoms with E-state index in [2.05, 4.69) is 19.1 Å². The van der Waals surface area contributed by atoms with Gasteiger partial charge in [0.15, 0.2) is 0 Å². The summed E-state index contributed by atoms with van der Waals surface area (Å²) in [4.78, 5) is 25.6. The molecule has 130 valence electrons. The highest BCUT2D eigenvalue weighted by molar-refractivity contribution is 5.88. The molecule has 0 saturated carbocycles. The molecule has 1 amide bonds. The molecule has 0 aromatic heterocycles. The van der Waals surface area contributed by atoms with E-state index in [1.165, 1.54) is 5.56 Å². The van der Waals surface area contributed by atoms with Gasteiger partial charge in [-0.05, 0) is 47.6 Å². The van der Waals surface area contributed by atoms with Crippen LogP contribution in [-0.2, 0) is 17.8 Å². The van der Waals surface area contributed by atoms with Crippen LogP contribution in [0.15, 0.2) is 48.5 Å². The molecule has 1 aliphatic rings. The maximum absolute atomic E-state index is 12.6. The standard InChI is InChI=1S/C21H23NO3/c1-15(16-5-3-2-4-6-16)7-10-20(23)22-12-11-17-8-9-18(21(24)25)13-19(17)14-22/h2-6,8-9,13,15H,7,10-12,14H2,1H3,(H,24,25). The number of aromatic carboxylic acids is 1. The molecular formula is C21H23NO3. The van der Waals surface area contributed by atoms with Gasteiger partial charge in [-0.25, -0.2) is 4.79 Å². The molecular weight excluding hydrogens is 314 g/mol. The smallest absolute Gasteiger partial charge is 0.335 e. The van der Waals surface area contributed by atoms with E-state index >= 15 is 0 Å². The molecule has 2 aromatic carbocycles. The van der Waals surface area contributed by atoms with Gasteiger partial charge in [0.05, 0.1) is 5.56 Å². The largest absolute Gasteiger partial charge is 0.478 e. The van der Waals surface area contributed by atoms with Gasteiger partial charge in [0.25, 0.3) is 0 Å². The highest BCUT2D eigenvalue weighted by Crippen LogP contribution is 2.24. The van der Waals surface area contributed by atoms with Crippen LogP contribution < -0.4 is 0 Å². The molecule has 1 aliphatic heterocycles. The second kappa shape index (κ2) is 7.51. The Kier molecular flexibility index (Phi) is 5.17. The first-order chi connectivity index (χ1) is 12.0. The average molecular weight is 337 g/mol. The first-order valence-electron chi connectivity index (χ1n) is 8.72. The number of nitrogens with zero attached hydrogens (tertiary/aromatic N) is 1. The maximum atomic E-state index is 12.6. The minimum Gasteiger partial charge on any atom is -0.478 e. The molecule has 0 bridgehead atoms. The van der Waals surface area contributed by atoms with Gasteiger partial charge >= 0.3 is 5.97 Å². The molecule has 2 aromatic rings. The fourth-order valence-electron chi connectivity index (χ4n) is 3.35. The van der Waals surface area contributed by atoms with Gasteiger partial charge < -0.3 is 10.0 Å². The highest BCUT2D eigenvalue weighted by atomic mass is 16.4.